The van der Waals surface area contributed by atoms with E-state index in [9.17, 15) is 12.8 Å². The first kappa shape index (κ1) is 11.4. The molecule has 0 amide bonds. The maximum absolute atomic E-state index is 13.2. The Labute approximate surface area is 85.9 Å². The Morgan fingerprint density at radius 1 is 1.50 bits per heavy atom. The molecule has 0 spiro atoms. The zero-order valence-corrected chi connectivity index (χ0v) is 8.90. The Kier molecular flexibility index (Phi) is 3.47. The van der Waals surface area contributed by atoms with Gasteiger partial charge in [-0.3, -0.25) is 0 Å². The first-order chi connectivity index (χ1) is 6.45. The van der Waals surface area contributed by atoms with E-state index in [0.717, 1.165) is 6.07 Å². The van der Waals surface area contributed by atoms with Crippen molar-refractivity contribution >= 4 is 19.7 Å². The van der Waals surface area contributed by atoms with E-state index >= 15 is 0 Å². The minimum absolute atomic E-state index is 0.0917. The fraction of sp³-hybridized carbons (Fsp3) is 0.250. The normalized spacial score (nSPS) is 11.6. The number of halogens is 2. The third-order valence-corrected chi connectivity index (χ3v) is 2.96. The number of hydrogen-bond acceptors (Lipinski definition) is 3. The average Bonchev–Trinajstić information content (AvgIpc) is 2.07. The summed E-state index contributed by atoms with van der Waals surface area (Å²) in [7, 11) is 2.59. The summed E-state index contributed by atoms with van der Waals surface area (Å²) >= 11 is 0. The van der Waals surface area contributed by atoms with Gasteiger partial charge in [0.1, 0.15) is 5.82 Å². The summed E-state index contributed by atoms with van der Waals surface area (Å²) in [6.45, 7) is 0.0917. The highest BCUT2D eigenvalue weighted by Gasteiger charge is 2.12. The third kappa shape index (κ3) is 2.67. The van der Waals surface area contributed by atoms with Crippen molar-refractivity contribution in [1.29, 1.82) is 0 Å². The van der Waals surface area contributed by atoms with Gasteiger partial charge in [-0.1, -0.05) is 6.07 Å². The van der Waals surface area contributed by atoms with Crippen molar-refractivity contribution in [3.05, 3.63) is 29.6 Å². The lowest BCUT2D eigenvalue weighted by Crippen LogP contribution is -1.96. The van der Waals surface area contributed by atoms with Gasteiger partial charge in [0.2, 0.25) is 0 Å². The molecule has 0 saturated carbocycles. The molecule has 0 aliphatic rings. The van der Waals surface area contributed by atoms with Crippen LogP contribution in [0.1, 0.15) is 5.56 Å². The molecule has 0 atom stereocenters. The van der Waals surface area contributed by atoms with E-state index in [1.54, 1.807) is 0 Å². The van der Waals surface area contributed by atoms with Gasteiger partial charge in [-0.05, 0) is 12.1 Å². The van der Waals surface area contributed by atoms with E-state index in [4.69, 9.17) is 15.4 Å². The van der Waals surface area contributed by atoms with E-state index in [0.29, 0.717) is 0 Å². The SMILES string of the molecule is COCc1ccc(S(=O)(=O)Cl)cc1F. The lowest BCUT2D eigenvalue weighted by Gasteiger charge is -2.02. The maximum Gasteiger partial charge on any atom is 0.261 e. The maximum atomic E-state index is 13.2. The van der Waals surface area contributed by atoms with Crippen LogP contribution in [0.5, 0.6) is 0 Å². The van der Waals surface area contributed by atoms with E-state index in [1.165, 1.54) is 19.2 Å². The summed E-state index contributed by atoms with van der Waals surface area (Å²) in [6, 6.07) is 3.44. The third-order valence-electron chi connectivity index (χ3n) is 1.61. The fourth-order valence-electron chi connectivity index (χ4n) is 0.952. The van der Waals surface area contributed by atoms with Gasteiger partial charge in [0.15, 0.2) is 0 Å². The summed E-state index contributed by atoms with van der Waals surface area (Å²) in [4.78, 5) is -0.253. The summed E-state index contributed by atoms with van der Waals surface area (Å²) in [5.41, 5.74) is 0.288. The van der Waals surface area contributed by atoms with Crippen molar-refractivity contribution < 1.29 is 17.5 Å². The fourth-order valence-corrected chi connectivity index (χ4v) is 1.72. The van der Waals surface area contributed by atoms with Crippen molar-refractivity contribution in [2.75, 3.05) is 7.11 Å². The number of ether oxygens (including phenoxy) is 1. The minimum Gasteiger partial charge on any atom is -0.380 e. The second kappa shape index (κ2) is 4.25. The van der Waals surface area contributed by atoms with Crippen molar-refractivity contribution in [1.82, 2.24) is 0 Å². The first-order valence-electron chi connectivity index (χ1n) is 3.67. The highest BCUT2D eigenvalue weighted by Crippen LogP contribution is 2.18. The van der Waals surface area contributed by atoms with Crippen LogP contribution in [0, 0.1) is 5.82 Å². The lowest BCUT2D eigenvalue weighted by molar-refractivity contribution is 0.181. The van der Waals surface area contributed by atoms with E-state index < -0.39 is 14.9 Å². The zero-order valence-electron chi connectivity index (χ0n) is 7.33. The van der Waals surface area contributed by atoms with Crippen LogP contribution in [0.3, 0.4) is 0 Å². The van der Waals surface area contributed by atoms with Crippen molar-refractivity contribution in [2.24, 2.45) is 0 Å². The largest absolute Gasteiger partial charge is 0.380 e. The van der Waals surface area contributed by atoms with Crippen molar-refractivity contribution in [3.8, 4) is 0 Å². The number of benzene rings is 1. The van der Waals surface area contributed by atoms with Crippen LogP contribution in [-0.2, 0) is 20.4 Å². The Hall–Kier alpha value is -0.650. The number of hydrogen-bond donors (Lipinski definition) is 0. The van der Waals surface area contributed by atoms with Gasteiger partial charge in [-0.15, -0.1) is 0 Å². The molecule has 0 aliphatic heterocycles. The molecule has 0 aliphatic carbocycles. The molecule has 6 heteroatoms. The molecule has 0 N–H and O–H groups in total. The van der Waals surface area contributed by atoms with Gasteiger partial charge in [0.05, 0.1) is 11.5 Å². The average molecular weight is 239 g/mol. The van der Waals surface area contributed by atoms with Crippen molar-refractivity contribution in [3.63, 3.8) is 0 Å². The summed E-state index contributed by atoms with van der Waals surface area (Å²) in [5.74, 6) is -0.645. The van der Waals surface area contributed by atoms with Crippen LogP contribution < -0.4 is 0 Å². The second-order valence-electron chi connectivity index (χ2n) is 2.62. The van der Waals surface area contributed by atoms with Gasteiger partial charge in [-0.25, -0.2) is 12.8 Å². The summed E-state index contributed by atoms with van der Waals surface area (Å²) in [6.07, 6.45) is 0. The first-order valence-corrected chi connectivity index (χ1v) is 5.98. The Bertz CT molecular complexity index is 430. The Morgan fingerprint density at radius 3 is 2.57 bits per heavy atom. The predicted octanol–water partition coefficient (Wildman–Crippen LogP) is 1.90. The standard InChI is InChI=1S/C8H8ClFO3S/c1-13-5-6-2-3-7(4-8(6)10)14(9,11)12/h2-4H,5H2,1H3. The molecule has 0 heterocycles. The van der Waals surface area contributed by atoms with Crippen molar-refractivity contribution in [2.45, 2.75) is 11.5 Å². The molecule has 14 heavy (non-hydrogen) atoms. The molecule has 0 radical (unpaired) electrons. The monoisotopic (exact) mass is 238 g/mol. The van der Waals surface area contributed by atoms with Crippen LogP contribution in [0.25, 0.3) is 0 Å². The van der Waals surface area contributed by atoms with E-state index in [2.05, 4.69) is 0 Å². The van der Waals surface area contributed by atoms with Gasteiger partial charge < -0.3 is 4.74 Å². The molecule has 0 fully saturated rings. The highest BCUT2D eigenvalue weighted by molar-refractivity contribution is 8.13. The molecule has 0 aromatic heterocycles. The highest BCUT2D eigenvalue weighted by atomic mass is 35.7. The lowest BCUT2D eigenvalue weighted by atomic mass is 10.2. The quantitative estimate of drug-likeness (QED) is 0.756. The second-order valence-corrected chi connectivity index (χ2v) is 5.19. The van der Waals surface area contributed by atoms with Crippen LogP contribution in [-0.4, -0.2) is 15.5 Å². The van der Waals surface area contributed by atoms with Gasteiger partial charge in [-0.2, -0.15) is 0 Å². The van der Waals surface area contributed by atoms with E-state index in [-0.39, 0.29) is 17.1 Å². The molecular formula is C8H8ClFO3S. The van der Waals surface area contributed by atoms with E-state index in [1.807, 2.05) is 0 Å². The molecule has 0 unspecified atom stereocenters. The van der Waals surface area contributed by atoms with Crippen LogP contribution in [0.4, 0.5) is 4.39 Å². The smallest absolute Gasteiger partial charge is 0.261 e. The van der Waals surface area contributed by atoms with Gasteiger partial charge in [0.25, 0.3) is 9.05 Å². The molecule has 78 valence electrons. The number of methoxy groups -OCH3 is 1. The number of rotatable bonds is 3. The predicted molar refractivity (Wildman–Crippen MR) is 50.2 cm³/mol. The molecule has 0 saturated heterocycles. The zero-order chi connectivity index (χ0) is 10.8. The molecule has 1 aromatic carbocycles. The van der Waals surface area contributed by atoms with Crippen LogP contribution in [0.15, 0.2) is 23.1 Å². The molecule has 1 rings (SSSR count). The van der Waals surface area contributed by atoms with Crippen LogP contribution in [0.2, 0.25) is 0 Å². The van der Waals surface area contributed by atoms with Crippen LogP contribution >= 0.6 is 10.7 Å². The van der Waals surface area contributed by atoms with Gasteiger partial charge >= 0.3 is 0 Å². The minimum atomic E-state index is -3.87. The molecule has 0 bridgehead atoms. The molecule has 1 aromatic rings. The van der Waals surface area contributed by atoms with Gasteiger partial charge in [0, 0.05) is 23.4 Å². The molecule has 3 nitrogen and oxygen atoms in total. The Balaban J connectivity index is 3.13. The molecular weight excluding hydrogens is 231 g/mol. The summed E-state index contributed by atoms with van der Waals surface area (Å²) < 4.78 is 39.5. The summed E-state index contributed by atoms with van der Waals surface area (Å²) in [5, 5.41) is 0. The topological polar surface area (TPSA) is 43.4 Å². The Morgan fingerprint density at radius 2 is 2.14 bits per heavy atom.